The summed E-state index contributed by atoms with van der Waals surface area (Å²) in [6.07, 6.45) is 5.19. The quantitative estimate of drug-likeness (QED) is 0.0438. The summed E-state index contributed by atoms with van der Waals surface area (Å²) in [7, 11) is -3.63. The molecule has 3 fully saturated rings. The first-order valence-corrected chi connectivity index (χ1v) is 23.1. The number of rotatable bonds is 15. The normalized spacial score (nSPS) is 17.5. The summed E-state index contributed by atoms with van der Waals surface area (Å²) in [5, 5.41) is 21.3. The largest absolute Gasteiger partial charge is 0.463 e. The first-order chi connectivity index (χ1) is 32.0. The van der Waals surface area contributed by atoms with Crippen molar-refractivity contribution in [2.45, 2.75) is 38.6 Å². The predicted molar refractivity (Wildman–Crippen MR) is 245 cm³/mol. The average molecular weight is 941 g/mol. The van der Waals surface area contributed by atoms with Crippen LogP contribution < -0.4 is 20.4 Å². The van der Waals surface area contributed by atoms with Crippen molar-refractivity contribution in [1.29, 1.82) is 10.8 Å². The molecule has 3 saturated heterocycles. The van der Waals surface area contributed by atoms with Gasteiger partial charge in [0.15, 0.2) is 0 Å². The Morgan fingerprint density at radius 1 is 0.716 bits per heavy atom. The van der Waals surface area contributed by atoms with Gasteiger partial charge in [-0.25, -0.2) is 9.59 Å². The lowest BCUT2D eigenvalue weighted by atomic mass is 10.1. The molecular formula is C45H52N10O11S. The van der Waals surface area contributed by atoms with Crippen LogP contribution in [0.1, 0.15) is 52.1 Å². The highest BCUT2D eigenvalue weighted by atomic mass is 32.2. The van der Waals surface area contributed by atoms with Crippen molar-refractivity contribution in [2.24, 2.45) is 0 Å². The highest BCUT2D eigenvalue weighted by Crippen LogP contribution is 2.24. The minimum Gasteiger partial charge on any atom is -0.463 e. The Morgan fingerprint density at radius 2 is 1.18 bits per heavy atom. The fraction of sp³-hybridized carbons (Fsp3) is 0.356. The maximum Gasteiger partial charge on any atom is 0.414 e. The smallest absolute Gasteiger partial charge is 0.414 e. The molecule has 2 unspecified atom stereocenters. The summed E-state index contributed by atoms with van der Waals surface area (Å²) in [5.41, 5.74) is 2.84. The summed E-state index contributed by atoms with van der Waals surface area (Å²) in [5.74, 6) is -1.17. The number of benzene rings is 2. The van der Waals surface area contributed by atoms with Gasteiger partial charge in [0.05, 0.1) is 43.0 Å². The molecule has 67 heavy (non-hydrogen) atoms. The number of hydrogen-bond donors (Lipinski definition) is 4. The van der Waals surface area contributed by atoms with E-state index in [-0.39, 0.29) is 43.0 Å². The van der Waals surface area contributed by atoms with Crippen LogP contribution in [0.5, 0.6) is 0 Å². The standard InChI is InChI=1S/C27H34N6O5.C18H18N4O6S/c1-19(2)37-24(34)9-11-31-12-14-32(15-13-31)17-23-18-33(27(36)38-23)22-7-5-20(6-8-22)25(28)30-26(35)21-4-3-10-29-16-21;1-29(25,26)27-11-15-10-22(18(24)28-15)14-6-4-12(5-7-14)16(19)21-17(23)13-3-2-8-20-9-13/h3-8,10,16,19,23H,9,11-15,17-18H2,1-2H3,(H2,28,30,35);2-9,15H,10-11H2,1H3,(H2,19,21,23). The molecule has 3 aliphatic rings. The molecular weight excluding hydrogens is 889 g/mol. The van der Waals surface area contributed by atoms with Crippen LogP contribution >= 0.6 is 0 Å². The zero-order valence-corrected chi connectivity index (χ0v) is 37.9. The number of cyclic esters (lactones) is 2. The van der Waals surface area contributed by atoms with Crippen LogP contribution in [0, 0.1) is 10.8 Å². The molecule has 3 aliphatic heterocycles. The third-order valence-electron chi connectivity index (χ3n) is 10.4. The van der Waals surface area contributed by atoms with E-state index in [1.165, 1.54) is 17.3 Å². The Bertz CT molecular complexity index is 2510. The summed E-state index contributed by atoms with van der Waals surface area (Å²) >= 11 is 0. The van der Waals surface area contributed by atoms with Crippen molar-refractivity contribution in [1.82, 2.24) is 30.4 Å². The van der Waals surface area contributed by atoms with Crippen LogP contribution in [-0.4, -0.2) is 153 Å². The second-order valence-corrected chi connectivity index (χ2v) is 17.5. The van der Waals surface area contributed by atoms with Crippen molar-refractivity contribution < 1.29 is 50.8 Å². The topological polar surface area (TPSA) is 267 Å². The molecule has 0 spiro atoms. The number of piperazine rings is 1. The van der Waals surface area contributed by atoms with Gasteiger partial charge in [-0.05, 0) is 86.6 Å². The average Bonchev–Trinajstić information content (AvgIpc) is 3.88. The maximum atomic E-state index is 12.6. The zero-order chi connectivity index (χ0) is 48.1. The number of aromatic nitrogens is 2. The summed E-state index contributed by atoms with van der Waals surface area (Å²) in [6, 6.07) is 19.7. The number of anilines is 2. The van der Waals surface area contributed by atoms with Gasteiger partial charge in [-0.3, -0.25) is 54.1 Å². The molecule has 0 aliphatic carbocycles. The van der Waals surface area contributed by atoms with Gasteiger partial charge in [0, 0.05) is 86.6 Å². The molecule has 21 nitrogen and oxygen atoms in total. The molecule has 4 aromatic rings. The number of esters is 1. The minimum absolute atomic E-state index is 0.0387. The van der Waals surface area contributed by atoms with Crippen LogP contribution in [0.4, 0.5) is 21.0 Å². The number of ether oxygens (including phenoxy) is 3. The highest BCUT2D eigenvalue weighted by Gasteiger charge is 2.35. The molecule has 354 valence electrons. The minimum atomic E-state index is -3.63. The Labute approximate surface area is 387 Å². The molecule has 4 N–H and O–H groups in total. The van der Waals surface area contributed by atoms with Crippen LogP contribution in [0.15, 0.2) is 97.6 Å². The van der Waals surface area contributed by atoms with Gasteiger partial charge in [0.1, 0.15) is 30.5 Å². The monoisotopic (exact) mass is 940 g/mol. The summed E-state index contributed by atoms with van der Waals surface area (Å²) in [4.78, 5) is 75.9. The van der Waals surface area contributed by atoms with E-state index in [1.807, 2.05) is 13.8 Å². The van der Waals surface area contributed by atoms with Gasteiger partial charge in [-0.1, -0.05) is 0 Å². The first kappa shape index (κ1) is 49.3. The van der Waals surface area contributed by atoms with Gasteiger partial charge in [-0.15, -0.1) is 0 Å². The fourth-order valence-electron chi connectivity index (χ4n) is 7.03. The number of pyridine rings is 2. The van der Waals surface area contributed by atoms with E-state index in [0.29, 0.717) is 59.7 Å². The van der Waals surface area contributed by atoms with Crippen molar-refractivity contribution in [2.75, 3.05) is 75.0 Å². The molecule has 2 atom stereocenters. The van der Waals surface area contributed by atoms with Crippen molar-refractivity contribution >= 4 is 63.1 Å². The van der Waals surface area contributed by atoms with Gasteiger partial charge in [0.25, 0.3) is 21.9 Å². The van der Waals surface area contributed by atoms with E-state index in [4.69, 9.17) is 25.0 Å². The third kappa shape index (κ3) is 14.7. The van der Waals surface area contributed by atoms with Crippen molar-refractivity contribution in [3.05, 3.63) is 120 Å². The number of nitrogens with one attached hydrogen (secondary N) is 4. The molecule has 5 heterocycles. The van der Waals surface area contributed by atoms with Crippen LogP contribution in [0.2, 0.25) is 0 Å². The second kappa shape index (κ2) is 22.9. The predicted octanol–water partition coefficient (Wildman–Crippen LogP) is 3.26. The highest BCUT2D eigenvalue weighted by molar-refractivity contribution is 7.86. The molecule has 7 rings (SSSR count). The van der Waals surface area contributed by atoms with Crippen molar-refractivity contribution in [3.8, 4) is 0 Å². The zero-order valence-electron chi connectivity index (χ0n) is 37.1. The Morgan fingerprint density at radius 3 is 1.63 bits per heavy atom. The van der Waals surface area contributed by atoms with Gasteiger partial charge < -0.3 is 29.7 Å². The first-order valence-electron chi connectivity index (χ1n) is 21.3. The van der Waals surface area contributed by atoms with E-state index in [2.05, 4.69) is 34.6 Å². The number of hydrogen-bond acceptors (Lipinski definition) is 17. The fourth-order valence-corrected chi connectivity index (χ4v) is 7.43. The summed E-state index contributed by atoms with van der Waals surface area (Å²) in [6.45, 7) is 8.73. The maximum absolute atomic E-state index is 12.6. The second-order valence-electron chi connectivity index (χ2n) is 15.9. The van der Waals surface area contributed by atoms with E-state index in [0.717, 1.165) is 32.4 Å². The van der Waals surface area contributed by atoms with Gasteiger partial charge in [0.2, 0.25) is 0 Å². The number of carbonyl (C=O) groups excluding carboxylic acids is 5. The third-order valence-corrected chi connectivity index (χ3v) is 11.0. The Balaban J connectivity index is 0.000000229. The Hall–Kier alpha value is -7.14. The van der Waals surface area contributed by atoms with Crippen LogP contribution in [0.25, 0.3) is 0 Å². The number of amidine groups is 2. The van der Waals surface area contributed by atoms with Gasteiger partial charge in [-0.2, -0.15) is 8.42 Å². The Kier molecular flexibility index (Phi) is 16.8. The molecule has 0 bridgehead atoms. The van der Waals surface area contributed by atoms with Crippen molar-refractivity contribution in [3.63, 3.8) is 0 Å². The molecule has 22 heteroatoms. The molecule has 0 saturated carbocycles. The van der Waals surface area contributed by atoms with Crippen LogP contribution in [-0.2, 0) is 33.3 Å². The SMILES string of the molecule is CC(C)OC(=O)CCN1CCN(CC2CN(c3ccc(C(=N)NC(=O)c4cccnc4)cc3)C(=O)O2)CC1.CS(=O)(=O)OCC1CN(c2ccc(C(=N)NC(=O)c3cccnc3)cc2)C(=O)O1. The lowest BCUT2D eigenvalue weighted by Gasteiger charge is -2.35. The van der Waals surface area contributed by atoms with E-state index < -0.39 is 40.2 Å². The van der Waals surface area contributed by atoms with E-state index in [9.17, 15) is 32.4 Å². The molecule has 2 aromatic carbocycles. The lowest BCUT2D eigenvalue weighted by Crippen LogP contribution is -2.49. The van der Waals surface area contributed by atoms with Crippen LogP contribution in [0.3, 0.4) is 0 Å². The number of carbonyl (C=O) groups is 5. The molecule has 2 aromatic heterocycles. The van der Waals surface area contributed by atoms with Gasteiger partial charge >= 0.3 is 18.2 Å². The number of amides is 4. The summed E-state index contributed by atoms with van der Waals surface area (Å²) < 4.78 is 42.7. The molecule has 4 amide bonds. The lowest BCUT2D eigenvalue weighted by molar-refractivity contribution is -0.147. The van der Waals surface area contributed by atoms with E-state index >= 15 is 0 Å². The van der Waals surface area contributed by atoms with E-state index in [1.54, 1.807) is 90.1 Å². The molecule has 0 radical (unpaired) electrons. The number of nitrogens with zero attached hydrogens (tertiary/aromatic N) is 6.